The fourth-order valence-corrected chi connectivity index (χ4v) is 1.60. The second-order valence-electron chi connectivity index (χ2n) is 6.19. The summed E-state index contributed by atoms with van der Waals surface area (Å²) in [7, 11) is 4.01. The quantitative estimate of drug-likeness (QED) is 0.448. The summed E-state index contributed by atoms with van der Waals surface area (Å²) in [5.74, 6) is 0. The summed E-state index contributed by atoms with van der Waals surface area (Å²) >= 11 is 0. The number of likely N-dealkylation sites (N-methyl/N-ethyl adjacent to an activating group) is 2. The summed E-state index contributed by atoms with van der Waals surface area (Å²) in [6.45, 7) is -3.11. The Bertz CT molecular complexity index is 413. The predicted molar refractivity (Wildman–Crippen MR) is 71.2 cm³/mol. The zero-order valence-electron chi connectivity index (χ0n) is 15.0. The van der Waals surface area contributed by atoms with Crippen molar-refractivity contribution in [2.75, 3.05) is 41.3 Å². The first-order valence-corrected chi connectivity index (χ1v) is 6.84. The minimum Gasteiger partial charge on any atom is -0.373 e. The van der Waals surface area contributed by atoms with Crippen LogP contribution < -0.4 is 0 Å². The van der Waals surface area contributed by atoms with E-state index in [0.717, 1.165) is 28.2 Å². The fourth-order valence-electron chi connectivity index (χ4n) is 1.60. The Kier molecular flexibility index (Phi) is 11.7. The molecule has 0 spiro atoms. The number of nitrogens with zero attached hydrogens (tertiary/aromatic N) is 2. The van der Waals surface area contributed by atoms with Gasteiger partial charge < -0.3 is 20.0 Å². The molecule has 0 aromatic rings. The Balaban J connectivity index is -0.000000451. The first-order chi connectivity index (χ1) is 11.8. The largest absolute Gasteiger partial charge is 0.427 e. The normalized spacial score (nSPS) is 14.5. The Morgan fingerprint density at radius 1 is 0.483 bits per heavy atom. The summed E-state index contributed by atoms with van der Waals surface area (Å²) < 4.78 is 144. The van der Waals surface area contributed by atoms with Crippen LogP contribution in [0, 0.1) is 0 Å². The van der Waals surface area contributed by atoms with Crippen LogP contribution in [-0.4, -0.2) is 97.2 Å². The van der Waals surface area contributed by atoms with Crippen LogP contribution in [0.3, 0.4) is 0 Å². The van der Waals surface area contributed by atoms with E-state index in [2.05, 4.69) is 0 Å². The Morgan fingerprint density at radius 3 is 0.655 bits per heavy atom. The Morgan fingerprint density at radius 2 is 0.621 bits per heavy atom. The van der Waals surface area contributed by atoms with Gasteiger partial charge in [0.15, 0.2) is 0 Å². The van der Waals surface area contributed by atoms with Gasteiger partial charge in [-0.05, 0) is 28.2 Å². The van der Waals surface area contributed by atoms with Gasteiger partial charge in [0.2, 0.25) is 0 Å². The number of hydrogen-bond donors (Lipinski definition) is 2. The number of rotatable bonds is 4. The van der Waals surface area contributed by atoms with Gasteiger partial charge in [-0.3, -0.25) is 0 Å². The molecule has 0 atom stereocenters. The molecule has 183 valence electrons. The van der Waals surface area contributed by atoms with Gasteiger partial charge >= 0.3 is 24.7 Å². The Labute approximate surface area is 167 Å². The number of alkyl halides is 12. The SMILES string of the molecule is CN(C)CC(O)(C(F)(F)F)C(F)(F)F.CN(C)CC(O)(C(F)(F)F)C(F)(F)F.[Cu]. The molecule has 1 radical (unpaired) electrons. The summed E-state index contributed by atoms with van der Waals surface area (Å²) in [5, 5.41) is 17.1. The van der Waals surface area contributed by atoms with Gasteiger partial charge in [-0.1, -0.05) is 0 Å². The van der Waals surface area contributed by atoms with E-state index in [0.29, 0.717) is 9.80 Å². The van der Waals surface area contributed by atoms with Crippen LogP contribution in [0.25, 0.3) is 0 Å². The van der Waals surface area contributed by atoms with Crippen LogP contribution in [0.5, 0.6) is 0 Å². The second-order valence-corrected chi connectivity index (χ2v) is 6.19. The zero-order valence-corrected chi connectivity index (χ0v) is 16.0. The standard InChI is InChI=1S/2C6H9F6NO.Cu/c2*1-13(2)3-4(14,5(7,8)9)6(10,11)12;/h2*14H,3H2,1-2H3;. The second kappa shape index (κ2) is 10.2. The van der Waals surface area contributed by atoms with Gasteiger partial charge in [-0.25, -0.2) is 0 Å². The summed E-state index contributed by atoms with van der Waals surface area (Å²) in [6.07, 6.45) is -23.0. The average Bonchev–Trinajstić information content (AvgIpc) is 2.32. The van der Waals surface area contributed by atoms with Crippen molar-refractivity contribution >= 4 is 0 Å². The van der Waals surface area contributed by atoms with Crippen molar-refractivity contribution in [2.45, 2.75) is 35.9 Å². The van der Waals surface area contributed by atoms with Crippen molar-refractivity contribution in [1.29, 1.82) is 0 Å². The third kappa shape index (κ3) is 8.65. The van der Waals surface area contributed by atoms with Crippen molar-refractivity contribution in [3.8, 4) is 0 Å². The van der Waals surface area contributed by atoms with Gasteiger partial charge in [0.05, 0.1) is 0 Å². The van der Waals surface area contributed by atoms with Crippen LogP contribution in [0.15, 0.2) is 0 Å². The van der Waals surface area contributed by atoms with Crippen molar-refractivity contribution < 1.29 is 80.0 Å². The summed E-state index contributed by atoms with van der Waals surface area (Å²) in [6, 6.07) is 0. The molecule has 4 nitrogen and oxygen atoms in total. The molecule has 0 aliphatic carbocycles. The molecule has 2 N–H and O–H groups in total. The minimum atomic E-state index is -5.74. The third-order valence-corrected chi connectivity index (χ3v) is 2.97. The number of hydrogen-bond acceptors (Lipinski definition) is 4. The molecule has 0 unspecified atom stereocenters. The van der Waals surface area contributed by atoms with E-state index in [1.807, 2.05) is 0 Å². The molecule has 0 saturated heterocycles. The first kappa shape index (κ1) is 33.2. The summed E-state index contributed by atoms with van der Waals surface area (Å²) in [5.41, 5.74) is -9.35. The fraction of sp³-hybridized carbons (Fsp3) is 1.00. The van der Waals surface area contributed by atoms with Crippen molar-refractivity contribution in [2.24, 2.45) is 0 Å². The van der Waals surface area contributed by atoms with E-state index >= 15 is 0 Å². The molecular formula is C12H18CuF12N2O2. The molecule has 0 amide bonds. The molecular weight excluding hydrogens is 496 g/mol. The van der Waals surface area contributed by atoms with E-state index in [-0.39, 0.29) is 17.1 Å². The molecule has 0 aromatic carbocycles. The average molecular weight is 514 g/mol. The van der Waals surface area contributed by atoms with Crippen LogP contribution in [0.4, 0.5) is 52.7 Å². The van der Waals surface area contributed by atoms with Crippen molar-refractivity contribution in [3.05, 3.63) is 0 Å². The molecule has 0 fully saturated rings. The molecule has 17 heteroatoms. The van der Waals surface area contributed by atoms with Crippen molar-refractivity contribution in [3.63, 3.8) is 0 Å². The molecule has 0 saturated carbocycles. The van der Waals surface area contributed by atoms with Crippen molar-refractivity contribution in [1.82, 2.24) is 9.80 Å². The first-order valence-electron chi connectivity index (χ1n) is 6.84. The van der Waals surface area contributed by atoms with Gasteiger partial charge in [-0.2, -0.15) is 52.7 Å². The maximum Gasteiger partial charge on any atom is 0.427 e. The van der Waals surface area contributed by atoms with Crippen LogP contribution in [-0.2, 0) is 17.1 Å². The molecule has 0 bridgehead atoms. The van der Waals surface area contributed by atoms with Gasteiger partial charge in [0.1, 0.15) is 0 Å². The smallest absolute Gasteiger partial charge is 0.373 e. The molecule has 0 aliphatic rings. The third-order valence-electron chi connectivity index (χ3n) is 2.97. The van der Waals surface area contributed by atoms with Crippen LogP contribution in [0.1, 0.15) is 0 Å². The van der Waals surface area contributed by atoms with Gasteiger partial charge in [0, 0.05) is 30.2 Å². The zero-order chi connectivity index (χ0) is 23.6. The maximum absolute atomic E-state index is 12.0. The molecule has 0 heterocycles. The van der Waals surface area contributed by atoms with E-state index in [4.69, 9.17) is 10.2 Å². The van der Waals surface area contributed by atoms with Gasteiger partial charge in [0.25, 0.3) is 11.2 Å². The maximum atomic E-state index is 12.0. The van der Waals surface area contributed by atoms with Gasteiger partial charge in [-0.15, -0.1) is 0 Å². The van der Waals surface area contributed by atoms with Crippen LogP contribution in [0.2, 0.25) is 0 Å². The molecule has 29 heavy (non-hydrogen) atoms. The topological polar surface area (TPSA) is 46.9 Å². The van der Waals surface area contributed by atoms with E-state index in [1.165, 1.54) is 0 Å². The molecule has 0 rings (SSSR count). The number of aliphatic hydroxyl groups is 2. The molecule has 0 aromatic heterocycles. The van der Waals surface area contributed by atoms with E-state index < -0.39 is 49.0 Å². The van der Waals surface area contributed by atoms with E-state index in [9.17, 15) is 52.7 Å². The molecule has 0 aliphatic heterocycles. The Hall–Kier alpha value is -0.481. The van der Waals surface area contributed by atoms with E-state index in [1.54, 1.807) is 0 Å². The number of halogens is 12. The minimum absolute atomic E-state index is 0. The monoisotopic (exact) mass is 513 g/mol. The predicted octanol–water partition coefficient (Wildman–Crippen LogP) is 2.80. The summed E-state index contributed by atoms with van der Waals surface area (Å²) in [4.78, 5) is 1.22. The van der Waals surface area contributed by atoms with Crippen LogP contribution >= 0.6 is 0 Å².